The Labute approximate surface area is 209 Å². The van der Waals surface area contributed by atoms with E-state index < -0.39 is 0 Å². The van der Waals surface area contributed by atoms with Gasteiger partial charge in [0, 0.05) is 36.5 Å². The number of carbonyl (C=O) groups excluding carboxylic acids is 2. The summed E-state index contributed by atoms with van der Waals surface area (Å²) in [7, 11) is 0. The molecule has 2 N–H and O–H groups in total. The van der Waals surface area contributed by atoms with Crippen LogP contribution in [0.1, 0.15) is 41.7 Å². The monoisotopic (exact) mass is 484 g/mol. The SMILES string of the molecule is CC(NC(=O)c1ccc(-n2cc(NC(=O)C3CCOCC3)cn2)cc1)c1cnn(-c2ccccc2)c1. The minimum atomic E-state index is -0.206. The van der Waals surface area contributed by atoms with Gasteiger partial charge in [0.1, 0.15) is 0 Å². The minimum Gasteiger partial charge on any atom is -0.381 e. The van der Waals surface area contributed by atoms with Crippen molar-refractivity contribution in [1.82, 2.24) is 24.9 Å². The standard InChI is InChI=1S/C27H28N6O3/c1-19(22-15-28-32(17-22)24-5-3-2-4-6-24)30-26(34)20-7-9-25(10-8-20)33-18-23(16-29-33)31-27(35)21-11-13-36-14-12-21/h2-10,15-19,21H,11-14H2,1H3,(H,30,34)(H,31,35). The van der Waals surface area contributed by atoms with Crippen molar-refractivity contribution in [2.75, 3.05) is 18.5 Å². The number of rotatable bonds is 7. The van der Waals surface area contributed by atoms with E-state index in [1.54, 1.807) is 40.1 Å². The molecule has 9 nitrogen and oxygen atoms in total. The maximum Gasteiger partial charge on any atom is 0.251 e. The number of aromatic nitrogens is 4. The van der Waals surface area contributed by atoms with Crippen molar-refractivity contribution < 1.29 is 14.3 Å². The van der Waals surface area contributed by atoms with Crippen LogP contribution >= 0.6 is 0 Å². The average molecular weight is 485 g/mol. The molecule has 0 radical (unpaired) electrons. The summed E-state index contributed by atoms with van der Waals surface area (Å²) >= 11 is 0. The van der Waals surface area contributed by atoms with Gasteiger partial charge >= 0.3 is 0 Å². The second-order valence-electron chi connectivity index (χ2n) is 8.85. The van der Waals surface area contributed by atoms with Crippen LogP contribution in [0.3, 0.4) is 0 Å². The van der Waals surface area contributed by atoms with Crippen LogP contribution in [0, 0.1) is 5.92 Å². The van der Waals surface area contributed by atoms with E-state index in [-0.39, 0.29) is 23.8 Å². The largest absolute Gasteiger partial charge is 0.381 e. The quantitative estimate of drug-likeness (QED) is 0.414. The Morgan fingerprint density at radius 3 is 2.33 bits per heavy atom. The third-order valence-electron chi connectivity index (χ3n) is 6.31. The van der Waals surface area contributed by atoms with Gasteiger partial charge in [0.25, 0.3) is 5.91 Å². The predicted molar refractivity (Wildman–Crippen MR) is 135 cm³/mol. The van der Waals surface area contributed by atoms with Gasteiger partial charge in [-0.05, 0) is 56.2 Å². The van der Waals surface area contributed by atoms with E-state index in [1.807, 2.05) is 55.6 Å². The molecule has 2 amide bonds. The topological polar surface area (TPSA) is 103 Å². The number of ether oxygens (including phenoxy) is 1. The second kappa shape index (κ2) is 10.6. The zero-order chi connectivity index (χ0) is 24.9. The Bertz CT molecular complexity index is 1320. The van der Waals surface area contributed by atoms with Crippen molar-refractivity contribution in [3.05, 3.63) is 90.5 Å². The van der Waals surface area contributed by atoms with Gasteiger partial charge in [-0.3, -0.25) is 9.59 Å². The zero-order valence-electron chi connectivity index (χ0n) is 20.0. The van der Waals surface area contributed by atoms with Gasteiger partial charge in [-0.25, -0.2) is 9.36 Å². The van der Waals surface area contributed by atoms with Crippen LogP contribution in [-0.2, 0) is 9.53 Å². The number of nitrogens with zero attached hydrogens (tertiary/aromatic N) is 4. The van der Waals surface area contributed by atoms with Crippen LogP contribution in [0.2, 0.25) is 0 Å². The molecule has 2 aromatic carbocycles. The number of carbonyl (C=O) groups is 2. The summed E-state index contributed by atoms with van der Waals surface area (Å²) in [6.45, 7) is 3.17. The van der Waals surface area contributed by atoms with E-state index in [1.165, 1.54) is 0 Å². The van der Waals surface area contributed by atoms with Crippen molar-refractivity contribution in [2.45, 2.75) is 25.8 Å². The molecule has 184 valence electrons. The van der Waals surface area contributed by atoms with Gasteiger partial charge in [0.05, 0.1) is 41.7 Å². The lowest BCUT2D eigenvalue weighted by Crippen LogP contribution is -2.28. The fourth-order valence-corrected chi connectivity index (χ4v) is 4.14. The molecule has 1 saturated heterocycles. The van der Waals surface area contributed by atoms with Crippen LogP contribution in [-0.4, -0.2) is 44.6 Å². The number of benzene rings is 2. The lowest BCUT2D eigenvalue weighted by atomic mass is 9.99. The molecule has 1 unspecified atom stereocenters. The van der Waals surface area contributed by atoms with Crippen LogP contribution in [0.4, 0.5) is 5.69 Å². The molecule has 1 aliphatic rings. The van der Waals surface area contributed by atoms with Crippen LogP contribution in [0.5, 0.6) is 0 Å². The fourth-order valence-electron chi connectivity index (χ4n) is 4.14. The second-order valence-corrected chi connectivity index (χ2v) is 8.85. The molecule has 0 spiro atoms. The summed E-state index contributed by atoms with van der Waals surface area (Å²) in [5.74, 6) is -0.213. The summed E-state index contributed by atoms with van der Waals surface area (Å²) in [6, 6.07) is 16.8. The van der Waals surface area contributed by atoms with Gasteiger partial charge in [-0.2, -0.15) is 10.2 Å². The molecular formula is C27H28N6O3. The first-order valence-electron chi connectivity index (χ1n) is 12.0. The number of hydrogen-bond donors (Lipinski definition) is 2. The Hall–Kier alpha value is -4.24. The highest BCUT2D eigenvalue weighted by molar-refractivity contribution is 5.94. The van der Waals surface area contributed by atoms with Crippen LogP contribution in [0.25, 0.3) is 11.4 Å². The molecular weight excluding hydrogens is 456 g/mol. The molecule has 9 heteroatoms. The van der Waals surface area contributed by atoms with E-state index in [4.69, 9.17) is 4.74 Å². The first-order chi connectivity index (χ1) is 17.6. The predicted octanol–water partition coefficient (Wildman–Crippen LogP) is 3.91. The number of anilines is 1. The number of nitrogens with one attached hydrogen (secondary N) is 2. The Morgan fingerprint density at radius 2 is 1.58 bits per heavy atom. The smallest absolute Gasteiger partial charge is 0.251 e. The highest BCUT2D eigenvalue weighted by atomic mass is 16.5. The number of amides is 2. The fraction of sp³-hybridized carbons (Fsp3) is 0.259. The van der Waals surface area contributed by atoms with Crippen molar-refractivity contribution in [3.63, 3.8) is 0 Å². The molecule has 1 fully saturated rings. The van der Waals surface area contributed by atoms with E-state index in [0.717, 1.165) is 29.8 Å². The van der Waals surface area contributed by atoms with Gasteiger partial charge in [-0.15, -0.1) is 0 Å². The molecule has 0 saturated carbocycles. The van der Waals surface area contributed by atoms with Crippen molar-refractivity contribution in [3.8, 4) is 11.4 Å². The zero-order valence-corrected chi connectivity index (χ0v) is 20.0. The summed E-state index contributed by atoms with van der Waals surface area (Å²) in [4.78, 5) is 25.3. The molecule has 0 bridgehead atoms. The van der Waals surface area contributed by atoms with Crippen LogP contribution in [0.15, 0.2) is 79.4 Å². The number of para-hydroxylation sites is 1. The maximum absolute atomic E-state index is 12.8. The first kappa shape index (κ1) is 23.5. The summed E-state index contributed by atoms with van der Waals surface area (Å²) in [5, 5.41) is 14.7. The minimum absolute atomic E-state index is 0.00620. The third kappa shape index (κ3) is 5.36. The van der Waals surface area contributed by atoms with E-state index in [0.29, 0.717) is 24.5 Å². The summed E-state index contributed by atoms with van der Waals surface area (Å²) in [5.41, 5.74) is 3.84. The first-order valence-corrected chi connectivity index (χ1v) is 12.0. The van der Waals surface area contributed by atoms with Gasteiger partial charge in [-0.1, -0.05) is 18.2 Å². The molecule has 2 aromatic heterocycles. The highest BCUT2D eigenvalue weighted by Gasteiger charge is 2.22. The van der Waals surface area contributed by atoms with E-state index >= 15 is 0 Å². The third-order valence-corrected chi connectivity index (χ3v) is 6.31. The van der Waals surface area contributed by atoms with Crippen LogP contribution < -0.4 is 10.6 Å². The van der Waals surface area contributed by atoms with Crippen molar-refractivity contribution >= 4 is 17.5 Å². The van der Waals surface area contributed by atoms with Gasteiger partial charge in [0.15, 0.2) is 0 Å². The van der Waals surface area contributed by atoms with E-state index in [2.05, 4.69) is 20.8 Å². The van der Waals surface area contributed by atoms with Gasteiger partial charge < -0.3 is 15.4 Å². The lowest BCUT2D eigenvalue weighted by molar-refractivity contribution is -0.122. The Balaban J connectivity index is 1.19. The highest BCUT2D eigenvalue weighted by Crippen LogP contribution is 2.19. The lowest BCUT2D eigenvalue weighted by Gasteiger charge is -2.20. The molecule has 36 heavy (non-hydrogen) atoms. The molecule has 0 aliphatic carbocycles. The summed E-state index contributed by atoms with van der Waals surface area (Å²) < 4.78 is 8.78. The van der Waals surface area contributed by atoms with Gasteiger partial charge in [0.2, 0.25) is 5.91 Å². The molecule has 5 rings (SSSR count). The Morgan fingerprint density at radius 1 is 0.917 bits per heavy atom. The maximum atomic E-state index is 12.8. The van der Waals surface area contributed by atoms with Crippen molar-refractivity contribution in [2.24, 2.45) is 5.92 Å². The molecule has 1 aliphatic heterocycles. The summed E-state index contributed by atoms with van der Waals surface area (Å²) in [6.07, 6.45) is 8.53. The Kier molecular flexibility index (Phi) is 6.90. The number of hydrogen-bond acceptors (Lipinski definition) is 5. The molecule has 4 aromatic rings. The average Bonchev–Trinajstić information content (AvgIpc) is 3.60. The molecule has 3 heterocycles. The normalized spacial score (nSPS) is 14.8. The molecule has 1 atom stereocenters. The van der Waals surface area contributed by atoms with E-state index in [9.17, 15) is 9.59 Å². The van der Waals surface area contributed by atoms with Crippen molar-refractivity contribution in [1.29, 1.82) is 0 Å².